The number of piperazine rings is 1. The van der Waals surface area contributed by atoms with Crippen molar-refractivity contribution in [1.82, 2.24) is 4.57 Å². The third-order valence-electron chi connectivity index (χ3n) is 5.17. The lowest BCUT2D eigenvalue weighted by Gasteiger charge is -2.38. The number of anilines is 3. The SMILES string of the molecule is N#Cc1cc(N)c(N2CCN(c3ccccc3)CC2)n1Cc1ccc(F)cc1. The van der Waals surface area contributed by atoms with E-state index in [4.69, 9.17) is 5.73 Å². The van der Waals surface area contributed by atoms with Gasteiger partial charge < -0.3 is 20.1 Å². The van der Waals surface area contributed by atoms with Gasteiger partial charge in [0.2, 0.25) is 0 Å². The van der Waals surface area contributed by atoms with Crippen LogP contribution in [0, 0.1) is 17.1 Å². The molecular weight excluding hydrogens is 353 g/mol. The zero-order chi connectivity index (χ0) is 19.5. The lowest BCUT2D eigenvalue weighted by Crippen LogP contribution is -2.47. The molecule has 0 aliphatic carbocycles. The number of para-hydroxylation sites is 1. The maximum atomic E-state index is 13.2. The van der Waals surface area contributed by atoms with E-state index in [2.05, 4.69) is 28.0 Å². The third-order valence-corrected chi connectivity index (χ3v) is 5.17. The number of halogens is 1. The van der Waals surface area contributed by atoms with Crippen molar-refractivity contribution in [2.75, 3.05) is 41.7 Å². The Bertz CT molecular complexity index is 980. The summed E-state index contributed by atoms with van der Waals surface area (Å²) in [6, 6.07) is 20.7. The number of rotatable bonds is 4. The van der Waals surface area contributed by atoms with E-state index in [-0.39, 0.29) is 5.82 Å². The summed E-state index contributed by atoms with van der Waals surface area (Å²) < 4.78 is 15.2. The second kappa shape index (κ2) is 7.65. The zero-order valence-electron chi connectivity index (χ0n) is 15.6. The Morgan fingerprint density at radius 2 is 1.57 bits per heavy atom. The molecule has 1 fully saturated rings. The molecule has 0 saturated carbocycles. The molecule has 0 spiro atoms. The molecule has 1 aromatic heterocycles. The van der Waals surface area contributed by atoms with Gasteiger partial charge in [-0.3, -0.25) is 0 Å². The van der Waals surface area contributed by atoms with Crippen molar-refractivity contribution in [3.8, 4) is 6.07 Å². The fraction of sp³-hybridized carbons (Fsp3) is 0.227. The van der Waals surface area contributed by atoms with Gasteiger partial charge in [0.15, 0.2) is 0 Å². The normalized spacial score (nSPS) is 14.1. The van der Waals surface area contributed by atoms with Crippen LogP contribution in [-0.4, -0.2) is 30.7 Å². The molecule has 0 unspecified atom stereocenters. The first-order chi connectivity index (χ1) is 13.7. The van der Waals surface area contributed by atoms with E-state index in [1.807, 2.05) is 22.8 Å². The Morgan fingerprint density at radius 3 is 2.21 bits per heavy atom. The minimum atomic E-state index is -0.270. The number of hydrogen-bond donors (Lipinski definition) is 1. The fourth-order valence-electron chi connectivity index (χ4n) is 3.75. The Balaban J connectivity index is 1.57. The van der Waals surface area contributed by atoms with Crippen LogP contribution in [0.1, 0.15) is 11.3 Å². The lowest BCUT2D eigenvalue weighted by atomic mass is 10.2. The molecule has 0 bridgehead atoms. The van der Waals surface area contributed by atoms with Crippen LogP contribution in [0.3, 0.4) is 0 Å². The number of nitriles is 1. The number of aromatic nitrogens is 1. The first-order valence-corrected chi connectivity index (χ1v) is 9.34. The maximum absolute atomic E-state index is 13.2. The van der Waals surface area contributed by atoms with Crippen LogP contribution in [0.4, 0.5) is 21.6 Å². The van der Waals surface area contributed by atoms with Crippen molar-refractivity contribution < 1.29 is 4.39 Å². The highest BCUT2D eigenvalue weighted by Crippen LogP contribution is 2.30. The molecule has 0 radical (unpaired) electrons. The molecule has 142 valence electrons. The van der Waals surface area contributed by atoms with Crippen LogP contribution in [-0.2, 0) is 6.54 Å². The summed E-state index contributed by atoms with van der Waals surface area (Å²) in [6.07, 6.45) is 0. The smallest absolute Gasteiger partial charge is 0.133 e. The molecule has 6 heteroatoms. The average molecular weight is 375 g/mol. The Kier molecular flexibility index (Phi) is 4.90. The molecule has 4 rings (SSSR count). The molecule has 0 atom stereocenters. The number of nitrogens with two attached hydrogens (primary N) is 1. The van der Waals surface area contributed by atoms with Crippen molar-refractivity contribution in [1.29, 1.82) is 5.26 Å². The van der Waals surface area contributed by atoms with Crippen molar-refractivity contribution in [3.63, 3.8) is 0 Å². The predicted octanol–water partition coefficient (Wildman–Crippen LogP) is 3.46. The van der Waals surface area contributed by atoms with E-state index in [9.17, 15) is 9.65 Å². The standard InChI is InChI=1S/C22H22FN5/c23-18-8-6-17(7-9-18)16-28-20(15-24)14-21(25)22(28)27-12-10-26(11-13-27)19-4-2-1-3-5-19/h1-9,14H,10-13,16,25H2. The minimum Gasteiger partial charge on any atom is -0.396 e. The van der Waals surface area contributed by atoms with Crippen molar-refractivity contribution in [2.24, 2.45) is 0 Å². The van der Waals surface area contributed by atoms with Gasteiger partial charge in [0.25, 0.3) is 0 Å². The highest BCUT2D eigenvalue weighted by atomic mass is 19.1. The topological polar surface area (TPSA) is 61.2 Å². The van der Waals surface area contributed by atoms with E-state index >= 15 is 0 Å². The van der Waals surface area contributed by atoms with Crippen LogP contribution in [0.25, 0.3) is 0 Å². The second-order valence-electron chi connectivity index (χ2n) is 6.94. The summed E-state index contributed by atoms with van der Waals surface area (Å²) >= 11 is 0. The van der Waals surface area contributed by atoms with Crippen LogP contribution in [0.5, 0.6) is 0 Å². The molecular formula is C22H22FN5. The van der Waals surface area contributed by atoms with E-state index in [1.165, 1.54) is 17.8 Å². The summed E-state index contributed by atoms with van der Waals surface area (Å²) in [4.78, 5) is 4.59. The summed E-state index contributed by atoms with van der Waals surface area (Å²) in [5, 5.41) is 9.55. The van der Waals surface area contributed by atoms with Crippen molar-refractivity contribution in [2.45, 2.75) is 6.54 Å². The lowest BCUT2D eigenvalue weighted by molar-refractivity contribution is 0.622. The third kappa shape index (κ3) is 3.52. The quantitative estimate of drug-likeness (QED) is 0.759. The van der Waals surface area contributed by atoms with Gasteiger partial charge in [-0.2, -0.15) is 5.26 Å². The van der Waals surface area contributed by atoms with E-state index in [0.717, 1.165) is 37.6 Å². The molecule has 3 aromatic rings. The van der Waals surface area contributed by atoms with Gasteiger partial charge in [0.1, 0.15) is 23.4 Å². The van der Waals surface area contributed by atoms with Crippen LogP contribution >= 0.6 is 0 Å². The second-order valence-corrected chi connectivity index (χ2v) is 6.94. The van der Waals surface area contributed by atoms with Crippen molar-refractivity contribution >= 4 is 17.2 Å². The molecule has 2 aromatic carbocycles. The summed E-state index contributed by atoms with van der Waals surface area (Å²) in [5.41, 5.74) is 9.55. The summed E-state index contributed by atoms with van der Waals surface area (Å²) in [5.74, 6) is 0.599. The molecule has 5 nitrogen and oxygen atoms in total. The van der Waals surface area contributed by atoms with Gasteiger partial charge >= 0.3 is 0 Å². The Labute approximate surface area is 164 Å². The van der Waals surface area contributed by atoms with Crippen LogP contribution in [0.15, 0.2) is 60.7 Å². The molecule has 0 amide bonds. The number of hydrogen-bond acceptors (Lipinski definition) is 4. The molecule has 2 N–H and O–H groups in total. The average Bonchev–Trinajstić information content (AvgIpc) is 3.05. The highest BCUT2D eigenvalue weighted by Gasteiger charge is 2.24. The van der Waals surface area contributed by atoms with Crippen LogP contribution in [0.2, 0.25) is 0 Å². The van der Waals surface area contributed by atoms with Gasteiger partial charge in [-0.15, -0.1) is 0 Å². The maximum Gasteiger partial charge on any atom is 0.133 e. The highest BCUT2D eigenvalue weighted by molar-refractivity contribution is 5.69. The molecule has 28 heavy (non-hydrogen) atoms. The van der Waals surface area contributed by atoms with Gasteiger partial charge in [-0.05, 0) is 35.9 Å². The molecule has 2 heterocycles. The molecule has 1 saturated heterocycles. The Morgan fingerprint density at radius 1 is 0.929 bits per heavy atom. The fourth-order valence-corrected chi connectivity index (χ4v) is 3.75. The van der Waals surface area contributed by atoms with Gasteiger partial charge in [-0.25, -0.2) is 4.39 Å². The first-order valence-electron chi connectivity index (χ1n) is 9.34. The van der Waals surface area contributed by atoms with Crippen LogP contribution < -0.4 is 15.5 Å². The first kappa shape index (κ1) is 17.9. The Hall–Kier alpha value is -3.46. The van der Waals surface area contributed by atoms with E-state index in [0.29, 0.717) is 17.9 Å². The van der Waals surface area contributed by atoms with Crippen molar-refractivity contribution in [3.05, 3.63) is 77.7 Å². The van der Waals surface area contributed by atoms with E-state index < -0.39 is 0 Å². The number of nitrogens with zero attached hydrogens (tertiary/aromatic N) is 4. The number of benzene rings is 2. The molecule has 1 aliphatic heterocycles. The number of nitrogen functional groups attached to an aromatic ring is 1. The largest absolute Gasteiger partial charge is 0.396 e. The molecule has 1 aliphatic rings. The summed E-state index contributed by atoms with van der Waals surface area (Å²) in [6.45, 7) is 3.88. The monoisotopic (exact) mass is 375 g/mol. The van der Waals surface area contributed by atoms with Gasteiger partial charge in [0.05, 0.1) is 12.2 Å². The summed E-state index contributed by atoms with van der Waals surface area (Å²) in [7, 11) is 0. The minimum absolute atomic E-state index is 0.270. The zero-order valence-corrected chi connectivity index (χ0v) is 15.6. The predicted molar refractivity (Wildman–Crippen MR) is 110 cm³/mol. The van der Waals surface area contributed by atoms with Gasteiger partial charge in [-0.1, -0.05) is 30.3 Å². The van der Waals surface area contributed by atoms with Gasteiger partial charge in [0, 0.05) is 31.9 Å². The van der Waals surface area contributed by atoms with E-state index in [1.54, 1.807) is 18.2 Å².